The van der Waals surface area contributed by atoms with Crippen LogP contribution < -0.4 is 9.62 Å². The van der Waals surface area contributed by atoms with Crippen LogP contribution in [-0.2, 0) is 26.2 Å². The van der Waals surface area contributed by atoms with Crippen LogP contribution in [-0.4, -0.2) is 43.8 Å². The SMILES string of the molecule is Cc1ccc(S(=O)(=O)N(CC(=O)N(Cc2ccc(Cl)c(Cl)c2)C(C)C(=O)NC2CCCCC2)c2ccccc2)cc1. The number of para-hydroxylation sites is 1. The summed E-state index contributed by atoms with van der Waals surface area (Å²) in [5.41, 5.74) is 1.92. The molecule has 7 nitrogen and oxygen atoms in total. The number of halogens is 2. The fourth-order valence-electron chi connectivity index (χ4n) is 4.95. The van der Waals surface area contributed by atoms with Gasteiger partial charge in [0, 0.05) is 12.6 Å². The summed E-state index contributed by atoms with van der Waals surface area (Å²) in [4.78, 5) is 28.9. The van der Waals surface area contributed by atoms with Crippen molar-refractivity contribution >= 4 is 50.7 Å². The van der Waals surface area contributed by atoms with Gasteiger partial charge in [-0.05, 0) is 68.7 Å². The van der Waals surface area contributed by atoms with E-state index in [2.05, 4.69) is 5.32 Å². The molecular weight excluding hydrogens is 581 g/mol. The number of anilines is 1. The number of aryl methyl sites for hydroxylation is 1. The van der Waals surface area contributed by atoms with Gasteiger partial charge in [-0.1, -0.05) is 84.4 Å². The van der Waals surface area contributed by atoms with E-state index >= 15 is 0 Å². The molecule has 0 aliphatic heterocycles. The van der Waals surface area contributed by atoms with Gasteiger partial charge in [0.15, 0.2) is 0 Å². The number of rotatable bonds is 10. The van der Waals surface area contributed by atoms with E-state index in [9.17, 15) is 18.0 Å². The molecule has 41 heavy (non-hydrogen) atoms. The smallest absolute Gasteiger partial charge is 0.264 e. The van der Waals surface area contributed by atoms with Gasteiger partial charge in [-0.15, -0.1) is 0 Å². The fourth-order valence-corrected chi connectivity index (χ4v) is 6.68. The normalized spacial score (nSPS) is 14.7. The highest BCUT2D eigenvalue weighted by Gasteiger charge is 2.33. The molecule has 1 N–H and O–H groups in total. The number of carbonyl (C=O) groups is 2. The molecule has 1 saturated carbocycles. The van der Waals surface area contributed by atoms with Crippen molar-refractivity contribution in [3.8, 4) is 0 Å². The molecule has 0 radical (unpaired) electrons. The zero-order valence-electron chi connectivity index (χ0n) is 23.2. The Bertz CT molecular complexity index is 1460. The van der Waals surface area contributed by atoms with Crippen molar-refractivity contribution in [2.75, 3.05) is 10.8 Å². The summed E-state index contributed by atoms with van der Waals surface area (Å²) in [5, 5.41) is 3.79. The van der Waals surface area contributed by atoms with E-state index in [-0.39, 0.29) is 23.4 Å². The van der Waals surface area contributed by atoms with Crippen LogP contribution in [0.3, 0.4) is 0 Å². The van der Waals surface area contributed by atoms with Crippen LogP contribution in [0.2, 0.25) is 10.0 Å². The van der Waals surface area contributed by atoms with Crippen LogP contribution in [0, 0.1) is 6.92 Å². The first-order chi connectivity index (χ1) is 19.6. The molecule has 1 fully saturated rings. The third kappa shape index (κ3) is 7.82. The van der Waals surface area contributed by atoms with E-state index in [1.807, 2.05) is 6.92 Å². The molecule has 4 rings (SSSR count). The molecule has 0 heterocycles. The summed E-state index contributed by atoms with van der Waals surface area (Å²) in [6, 6.07) is 19.2. The Morgan fingerprint density at radius 3 is 2.22 bits per heavy atom. The number of nitrogens with one attached hydrogen (secondary N) is 1. The van der Waals surface area contributed by atoms with Gasteiger partial charge in [-0.25, -0.2) is 8.42 Å². The van der Waals surface area contributed by atoms with E-state index in [4.69, 9.17) is 23.2 Å². The Morgan fingerprint density at radius 1 is 0.927 bits per heavy atom. The molecule has 218 valence electrons. The highest BCUT2D eigenvalue weighted by Crippen LogP contribution is 2.27. The van der Waals surface area contributed by atoms with Crippen LogP contribution in [0.5, 0.6) is 0 Å². The summed E-state index contributed by atoms with van der Waals surface area (Å²) in [6.07, 6.45) is 5.04. The van der Waals surface area contributed by atoms with Gasteiger partial charge in [0.1, 0.15) is 12.6 Å². The van der Waals surface area contributed by atoms with Crippen molar-refractivity contribution < 1.29 is 18.0 Å². The highest BCUT2D eigenvalue weighted by molar-refractivity contribution is 7.92. The quantitative estimate of drug-likeness (QED) is 0.287. The first-order valence-electron chi connectivity index (χ1n) is 13.7. The summed E-state index contributed by atoms with van der Waals surface area (Å²) >= 11 is 12.4. The van der Waals surface area contributed by atoms with Crippen LogP contribution in [0.25, 0.3) is 0 Å². The van der Waals surface area contributed by atoms with Crippen molar-refractivity contribution in [2.45, 2.75) is 69.5 Å². The third-order valence-corrected chi connectivity index (χ3v) is 9.91. The van der Waals surface area contributed by atoms with Crippen molar-refractivity contribution in [3.05, 3.63) is 94.0 Å². The lowest BCUT2D eigenvalue weighted by atomic mass is 9.95. The maximum atomic E-state index is 14.0. The van der Waals surface area contributed by atoms with Crippen molar-refractivity contribution in [3.63, 3.8) is 0 Å². The topological polar surface area (TPSA) is 86.8 Å². The molecule has 1 unspecified atom stereocenters. The number of hydrogen-bond acceptors (Lipinski definition) is 4. The van der Waals surface area contributed by atoms with Gasteiger partial charge >= 0.3 is 0 Å². The number of amides is 2. The van der Waals surface area contributed by atoms with Gasteiger partial charge in [-0.2, -0.15) is 0 Å². The second-order valence-corrected chi connectivity index (χ2v) is 13.1. The standard InChI is InChI=1S/C31H35Cl2N3O4S/c1-22-13-16-27(17-14-22)41(39,40)36(26-11-7-4-8-12-26)21-30(37)35(20-24-15-18-28(32)29(33)19-24)23(2)31(38)34-25-9-5-3-6-10-25/h4,7-8,11-19,23,25H,3,5-6,9-10,20-21H2,1-2H3,(H,34,38). The van der Waals surface area contributed by atoms with Gasteiger partial charge in [0.25, 0.3) is 10.0 Å². The minimum absolute atomic E-state index is 0.0438. The lowest BCUT2D eigenvalue weighted by Gasteiger charge is -2.33. The molecule has 1 aliphatic rings. The van der Waals surface area contributed by atoms with Gasteiger partial charge in [-0.3, -0.25) is 13.9 Å². The average molecular weight is 617 g/mol. The van der Waals surface area contributed by atoms with Crippen molar-refractivity contribution in [1.29, 1.82) is 0 Å². The van der Waals surface area contributed by atoms with Crippen LogP contribution in [0.1, 0.15) is 50.2 Å². The molecule has 0 saturated heterocycles. The first kappa shape index (κ1) is 30.9. The molecule has 2 amide bonds. The Kier molecular flexibility index (Phi) is 10.3. The number of nitrogens with zero attached hydrogens (tertiary/aromatic N) is 2. The summed E-state index contributed by atoms with van der Waals surface area (Å²) in [7, 11) is -4.11. The zero-order valence-corrected chi connectivity index (χ0v) is 25.6. The van der Waals surface area contributed by atoms with Crippen LogP contribution in [0.15, 0.2) is 77.7 Å². The van der Waals surface area contributed by atoms with Gasteiger partial charge in [0.2, 0.25) is 11.8 Å². The monoisotopic (exact) mass is 615 g/mol. The second-order valence-electron chi connectivity index (χ2n) is 10.4. The van der Waals surface area contributed by atoms with Crippen molar-refractivity contribution in [1.82, 2.24) is 10.2 Å². The highest BCUT2D eigenvalue weighted by atomic mass is 35.5. The number of sulfonamides is 1. The number of benzene rings is 3. The van der Waals surface area contributed by atoms with Gasteiger partial charge in [0.05, 0.1) is 20.6 Å². The van der Waals surface area contributed by atoms with Gasteiger partial charge < -0.3 is 10.2 Å². The lowest BCUT2D eigenvalue weighted by molar-refractivity contribution is -0.139. The Labute approximate surface area is 252 Å². The molecule has 0 spiro atoms. The first-order valence-corrected chi connectivity index (χ1v) is 15.9. The Hall–Kier alpha value is -3.07. The molecule has 0 bridgehead atoms. The number of carbonyl (C=O) groups excluding carboxylic acids is 2. The molecule has 0 aromatic heterocycles. The van der Waals surface area contributed by atoms with Crippen LogP contribution >= 0.6 is 23.2 Å². The van der Waals surface area contributed by atoms with E-state index in [0.29, 0.717) is 21.3 Å². The molecule has 3 aromatic rings. The second kappa shape index (κ2) is 13.7. The largest absolute Gasteiger partial charge is 0.352 e. The maximum Gasteiger partial charge on any atom is 0.264 e. The molecule has 10 heteroatoms. The lowest BCUT2D eigenvalue weighted by Crippen LogP contribution is -2.53. The minimum Gasteiger partial charge on any atom is -0.352 e. The van der Waals surface area contributed by atoms with E-state index < -0.39 is 28.5 Å². The molecule has 3 aromatic carbocycles. The fraction of sp³-hybridized carbons (Fsp3) is 0.355. The number of hydrogen-bond donors (Lipinski definition) is 1. The summed E-state index contributed by atoms with van der Waals surface area (Å²) in [6.45, 7) is 3.08. The Balaban J connectivity index is 1.66. The molecule has 1 atom stereocenters. The molecule has 1 aliphatic carbocycles. The minimum atomic E-state index is -4.11. The zero-order chi connectivity index (χ0) is 29.6. The summed E-state index contributed by atoms with van der Waals surface area (Å²) < 4.78 is 28.8. The van der Waals surface area contributed by atoms with E-state index in [1.54, 1.807) is 67.6 Å². The third-order valence-electron chi connectivity index (χ3n) is 7.39. The predicted octanol–water partition coefficient (Wildman–Crippen LogP) is 6.36. The average Bonchev–Trinajstić information content (AvgIpc) is 2.97. The van der Waals surface area contributed by atoms with E-state index in [0.717, 1.165) is 42.0 Å². The molecular formula is C31H35Cl2N3O4S. The predicted molar refractivity (Wildman–Crippen MR) is 164 cm³/mol. The van der Waals surface area contributed by atoms with Crippen molar-refractivity contribution in [2.24, 2.45) is 0 Å². The Morgan fingerprint density at radius 2 is 1.59 bits per heavy atom. The maximum absolute atomic E-state index is 14.0. The van der Waals surface area contributed by atoms with E-state index in [1.165, 1.54) is 17.0 Å². The summed E-state index contributed by atoms with van der Waals surface area (Å²) in [5.74, 6) is -0.806. The van der Waals surface area contributed by atoms with Crippen LogP contribution in [0.4, 0.5) is 5.69 Å².